The summed E-state index contributed by atoms with van der Waals surface area (Å²) in [6.07, 6.45) is 0. The van der Waals surface area contributed by atoms with Gasteiger partial charge in [-0.05, 0) is 23.3 Å². The lowest BCUT2D eigenvalue weighted by Crippen LogP contribution is -1.95. The van der Waals surface area contributed by atoms with E-state index in [1.54, 1.807) is 0 Å². The molecule has 0 heterocycles. The highest BCUT2D eigenvalue weighted by molar-refractivity contribution is 7.80. The molecule has 2 rings (SSSR count). The molecule has 0 aliphatic heterocycles. The van der Waals surface area contributed by atoms with Gasteiger partial charge < -0.3 is 0 Å². The van der Waals surface area contributed by atoms with Gasteiger partial charge in [0.25, 0.3) is 0 Å². The van der Waals surface area contributed by atoms with E-state index in [1.165, 1.54) is 0 Å². The summed E-state index contributed by atoms with van der Waals surface area (Å²) in [5.74, 6) is 0. The lowest BCUT2D eigenvalue weighted by Gasteiger charge is -2.14. The SMILES string of the molecule is SC(c1ccccc1Cl)c1ccccc1Cl. The van der Waals surface area contributed by atoms with E-state index in [-0.39, 0.29) is 5.25 Å². The molecule has 0 fully saturated rings. The van der Waals surface area contributed by atoms with Crippen LogP contribution in [-0.4, -0.2) is 0 Å². The molecule has 0 unspecified atom stereocenters. The van der Waals surface area contributed by atoms with Crippen molar-refractivity contribution in [1.29, 1.82) is 0 Å². The predicted molar refractivity (Wildman–Crippen MR) is 73.7 cm³/mol. The molecule has 0 aliphatic rings. The zero-order valence-corrected chi connectivity index (χ0v) is 10.8. The first-order chi connectivity index (χ1) is 7.70. The highest BCUT2D eigenvalue weighted by Gasteiger charge is 2.14. The minimum atomic E-state index is -0.0950. The summed E-state index contributed by atoms with van der Waals surface area (Å²) in [4.78, 5) is 0. The Labute approximate surface area is 111 Å². The largest absolute Gasteiger partial charge is 0.166 e. The molecule has 0 radical (unpaired) electrons. The molecule has 0 spiro atoms. The van der Waals surface area contributed by atoms with Gasteiger partial charge in [-0.25, -0.2) is 0 Å². The third-order valence-electron chi connectivity index (χ3n) is 2.40. The standard InChI is InChI=1S/C13H10Cl2S/c14-11-7-3-1-5-9(11)13(16)10-6-2-4-8-12(10)15/h1-8,13,16H. The van der Waals surface area contributed by atoms with Crippen molar-refractivity contribution in [2.24, 2.45) is 0 Å². The van der Waals surface area contributed by atoms with Crippen molar-refractivity contribution in [1.82, 2.24) is 0 Å². The molecule has 0 aliphatic carbocycles. The van der Waals surface area contributed by atoms with Crippen LogP contribution < -0.4 is 0 Å². The van der Waals surface area contributed by atoms with Crippen LogP contribution in [0.1, 0.15) is 16.4 Å². The summed E-state index contributed by atoms with van der Waals surface area (Å²) in [6.45, 7) is 0. The quantitative estimate of drug-likeness (QED) is 0.728. The second-order valence-electron chi connectivity index (χ2n) is 3.45. The minimum Gasteiger partial charge on any atom is -0.166 e. The number of hydrogen-bond donors (Lipinski definition) is 1. The van der Waals surface area contributed by atoms with Gasteiger partial charge in [-0.3, -0.25) is 0 Å². The smallest absolute Gasteiger partial charge is 0.0545 e. The zero-order valence-electron chi connectivity index (χ0n) is 8.40. The van der Waals surface area contributed by atoms with Gasteiger partial charge in [0.15, 0.2) is 0 Å². The second kappa shape index (κ2) is 5.13. The van der Waals surface area contributed by atoms with E-state index in [0.29, 0.717) is 10.0 Å². The molecule has 0 aromatic heterocycles. The maximum Gasteiger partial charge on any atom is 0.0545 e. The van der Waals surface area contributed by atoms with E-state index in [1.807, 2.05) is 48.5 Å². The number of hydrogen-bond acceptors (Lipinski definition) is 1. The molecule has 16 heavy (non-hydrogen) atoms. The van der Waals surface area contributed by atoms with E-state index < -0.39 is 0 Å². The van der Waals surface area contributed by atoms with Gasteiger partial charge in [-0.1, -0.05) is 59.6 Å². The molecule has 0 N–H and O–H groups in total. The summed E-state index contributed by atoms with van der Waals surface area (Å²) in [5.41, 5.74) is 1.95. The Bertz CT molecular complexity index is 451. The van der Waals surface area contributed by atoms with Crippen LogP contribution >= 0.6 is 35.8 Å². The number of rotatable bonds is 2. The van der Waals surface area contributed by atoms with Crippen molar-refractivity contribution in [3.05, 3.63) is 69.7 Å². The topological polar surface area (TPSA) is 0 Å². The van der Waals surface area contributed by atoms with Crippen LogP contribution in [0.2, 0.25) is 10.0 Å². The lowest BCUT2D eigenvalue weighted by atomic mass is 10.0. The molecule has 0 saturated carbocycles. The van der Waals surface area contributed by atoms with Crippen molar-refractivity contribution in [2.75, 3.05) is 0 Å². The highest BCUT2D eigenvalue weighted by atomic mass is 35.5. The van der Waals surface area contributed by atoms with Crippen molar-refractivity contribution in [3.8, 4) is 0 Å². The Morgan fingerprint density at radius 2 is 1.12 bits per heavy atom. The zero-order chi connectivity index (χ0) is 11.5. The molecule has 2 aromatic rings. The van der Waals surface area contributed by atoms with Crippen LogP contribution in [-0.2, 0) is 0 Å². The molecule has 0 atom stereocenters. The van der Waals surface area contributed by atoms with E-state index >= 15 is 0 Å². The third kappa shape index (κ3) is 2.37. The fourth-order valence-electron chi connectivity index (χ4n) is 1.56. The molecule has 0 amide bonds. The van der Waals surface area contributed by atoms with Gasteiger partial charge >= 0.3 is 0 Å². The average molecular weight is 269 g/mol. The number of halogens is 2. The van der Waals surface area contributed by atoms with Crippen LogP contribution in [0.3, 0.4) is 0 Å². The number of thiol groups is 1. The van der Waals surface area contributed by atoms with Crippen LogP contribution in [0.15, 0.2) is 48.5 Å². The van der Waals surface area contributed by atoms with E-state index in [9.17, 15) is 0 Å². The van der Waals surface area contributed by atoms with Crippen LogP contribution in [0.5, 0.6) is 0 Å². The molecule has 0 bridgehead atoms. The Morgan fingerprint density at radius 1 is 0.750 bits per heavy atom. The van der Waals surface area contributed by atoms with Gasteiger partial charge in [0.05, 0.1) is 5.25 Å². The van der Waals surface area contributed by atoms with Crippen molar-refractivity contribution < 1.29 is 0 Å². The summed E-state index contributed by atoms with van der Waals surface area (Å²) in [6, 6.07) is 15.3. The van der Waals surface area contributed by atoms with Gasteiger partial charge in [-0.2, -0.15) is 12.6 Å². The molecule has 0 nitrogen and oxygen atoms in total. The van der Waals surface area contributed by atoms with E-state index in [0.717, 1.165) is 11.1 Å². The first kappa shape index (κ1) is 11.8. The first-order valence-electron chi connectivity index (χ1n) is 4.87. The fourth-order valence-corrected chi connectivity index (χ4v) is 2.65. The van der Waals surface area contributed by atoms with E-state index in [2.05, 4.69) is 12.6 Å². The van der Waals surface area contributed by atoms with Gasteiger partial charge in [0.1, 0.15) is 0 Å². The first-order valence-corrected chi connectivity index (χ1v) is 6.14. The van der Waals surface area contributed by atoms with Crippen LogP contribution in [0.25, 0.3) is 0 Å². The van der Waals surface area contributed by atoms with Gasteiger partial charge in [-0.15, -0.1) is 0 Å². The molecular weight excluding hydrogens is 259 g/mol. The molecule has 3 heteroatoms. The Hall–Kier alpha value is -0.630. The van der Waals surface area contributed by atoms with Crippen LogP contribution in [0.4, 0.5) is 0 Å². The van der Waals surface area contributed by atoms with Crippen molar-refractivity contribution in [2.45, 2.75) is 5.25 Å². The van der Waals surface area contributed by atoms with E-state index in [4.69, 9.17) is 23.2 Å². The third-order valence-corrected chi connectivity index (χ3v) is 3.64. The van der Waals surface area contributed by atoms with Crippen molar-refractivity contribution >= 4 is 35.8 Å². The minimum absolute atomic E-state index is 0.0950. The summed E-state index contributed by atoms with van der Waals surface area (Å²) < 4.78 is 0. The maximum absolute atomic E-state index is 6.13. The normalized spacial score (nSPS) is 10.8. The maximum atomic E-state index is 6.13. The highest BCUT2D eigenvalue weighted by Crippen LogP contribution is 2.36. The van der Waals surface area contributed by atoms with Gasteiger partial charge in [0, 0.05) is 10.0 Å². The van der Waals surface area contributed by atoms with Crippen LogP contribution in [0, 0.1) is 0 Å². The molecule has 82 valence electrons. The monoisotopic (exact) mass is 268 g/mol. The Balaban J connectivity index is 2.44. The Kier molecular flexibility index (Phi) is 3.80. The predicted octanol–water partition coefficient (Wildman–Crippen LogP) is 5.01. The fraction of sp³-hybridized carbons (Fsp3) is 0.0769. The summed E-state index contributed by atoms with van der Waals surface area (Å²) in [5, 5.41) is 1.33. The summed E-state index contributed by atoms with van der Waals surface area (Å²) in [7, 11) is 0. The summed E-state index contributed by atoms with van der Waals surface area (Å²) >= 11 is 16.8. The van der Waals surface area contributed by atoms with Gasteiger partial charge in [0.2, 0.25) is 0 Å². The van der Waals surface area contributed by atoms with Crippen molar-refractivity contribution in [3.63, 3.8) is 0 Å². The lowest BCUT2D eigenvalue weighted by molar-refractivity contribution is 1.17. The molecule has 0 saturated heterocycles. The molecular formula is C13H10Cl2S. The molecule has 2 aromatic carbocycles. The number of benzene rings is 2. The average Bonchev–Trinajstić information content (AvgIpc) is 2.29. The second-order valence-corrected chi connectivity index (χ2v) is 4.78. The Morgan fingerprint density at radius 3 is 1.50 bits per heavy atom.